The zero-order chi connectivity index (χ0) is 19.8. The van der Waals surface area contributed by atoms with Crippen molar-refractivity contribution in [1.29, 1.82) is 0 Å². The molecule has 2 atom stereocenters. The number of carboxylic acid groups (broad SMARTS) is 1. The predicted molar refractivity (Wildman–Crippen MR) is 106 cm³/mol. The van der Waals surface area contributed by atoms with Crippen molar-refractivity contribution in [3.63, 3.8) is 0 Å². The molecular formula is C15H15N5O5S3. The Labute approximate surface area is 171 Å². The van der Waals surface area contributed by atoms with Gasteiger partial charge in [0, 0.05) is 28.8 Å². The first-order chi connectivity index (χ1) is 13.4. The van der Waals surface area contributed by atoms with Gasteiger partial charge in [0.2, 0.25) is 0 Å². The summed E-state index contributed by atoms with van der Waals surface area (Å²) >= 11 is 4.16. The molecule has 10 nitrogen and oxygen atoms in total. The largest absolute Gasteiger partial charge is 0.478 e. The molecule has 1 unspecified atom stereocenters. The number of carboxylic acids is 1. The first-order valence-electron chi connectivity index (χ1n) is 8.15. The van der Waals surface area contributed by atoms with Crippen LogP contribution in [0.25, 0.3) is 0 Å². The number of nitrogens with two attached hydrogens (primary N) is 1. The summed E-state index contributed by atoms with van der Waals surface area (Å²) in [5, 5.41) is 17.2. The van der Waals surface area contributed by atoms with Gasteiger partial charge in [0.15, 0.2) is 10.8 Å². The number of nitrogens with one attached hydrogen (secondary N) is 1. The van der Waals surface area contributed by atoms with Gasteiger partial charge in [-0.15, -0.1) is 23.1 Å². The normalized spacial score (nSPS) is 24.6. The molecule has 0 aliphatic carbocycles. The molecule has 28 heavy (non-hydrogen) atoms. The minimum absolute atomic E-state index is 0.0429. The van der Waals surface area contributed by atoms with Crippen LogP contribution in [0.1, 0.15) is 5.69 Å². The topological polar surface area (TPSA) is 147 Å². The Morgan fingerprint density at radius 3 is 2.82 bits per heavy atom. The van der Waals surface area contributed by atoms with Gasteiger partial charge in [0.25, 0.3) is 11.8 Å². The number of β-lactam (4-membered cyclic amide) rings is 1. The molecule has 13 heteroatoms. The Hall–Kier alpha value is -2.25. The molecule has 2 amide bonds. The van der Waals surface area contributed by atoms with Gasteiger partial charge in [-0.1, -0.05) is 5.16 Å². The van der Waals surface area contributed by atoms with E-state index in [2.05, 4.69) is 15.5 Å². The first kappa shape index (κ1) is 19.1. The summed E-state index contributed by atoms with van der Waals surface area (Å²) in [6.07, 6.45) is 1.26. The van der Waals surface area contributed by atoms with Crippen molar-refractivity contribution in [2.24, 2.45) is 5.16 Å². The second-order valence-electron chi connectivity index (χ2n) is 6.13. The van der Waals surface area contributed by atoms with E-state index in [1.165, 1.54) is 34.2 Å². The standard InChI is InChI=1S/C15H15N5O5S3/c16-15-17-8(5-28-15)9(19-25-7-3-26-4-7)11(21)18-10-12(22)20-1-6(14(23)24)2-27-13(10)20/h1,5,7,10,13H,2-4H2,(H2,16,17)(H,18,21)(H,23,24)/t10?,13-/m1/s1. The number of thiazole rings is 1. The third-order valence-electron chi connectivity index (χ3n) is 4.23. The third kappa shape index (κ3) is 3.56. The molecule has 148 valence electrons. The van der Waals surface area contributed by atoms with Crippen LogP contribution >= 0.6 is 34.9 Å². The molecule has 0 spiro atoms. The maximum Gasteiger partial charge on any atom is 0.333 e. The van der Waals surface area contributed by atoms with Gasteiger partial charge in [0.05, 0.1) is 5.57 Å². The van der Waals surface area contributed by atoms with E-state index >= 15 is 0 Å². The molecule has 1 aromatic rings. The lowest BCUT2D eigenvalue weighted by Crippen LogP contribution is -2.69. The van der Waals surface area contributed by atoms with Crippen LogP contribution in [-0.2, 0) is 19.2 Å². The van der Waals surface area contributed by atoms with E-state index in [4.69, 9.17) is 15.7 Å². The average molecular weight is 442 g/mol. The van der Waals surface area contributed by atoms with E-state index in [1.807, 2.05) is 0 Å². The molecule has 1 aromatic heterocycles. The van der Waals surface area contributed by atoms with Crippen molar-refractivity contribution in [2.45, 2.75) is 17.5 Å². The van der Waals surface area contributed by atoms with Crippen molar-refractivity contribution in [1.82, 2.24) is 15.2 Å². The number of aromatic nitrogens is 1. The van der Waals surface area contributed by atoms with Crippen LogP contribution in [0.3, 0.4) is 0 Å². The number of carbonyl (C=O) groups excluding carboxylic acids is 2. The summed E-state index contributed by atoms with van der Waals surface area (Å²) in [4.78, 5) is 47.0. The van der Waals surface area contributed by atoms with Gasteiger partial charge >= 0.3 is 5.97 Å². The van der Waals surface area contributed by atoms with Crippen LogP contribution in [0.2, 0.25) is 0 Å². The fraction of sp³-hybridized carbons (Fsp3) is 0.400. The minimum atomic E-state index is -1.06. The van der Waals surface area contributed by atoms with Crippen LogP contribution in [0.4, 0.5) is 5.13 Å². The zero-order valence-electron chi connectivity index (χ0n) is 14.2. The lowest BCUT2D eigenvalue weighted by molar-refractivity contribution is -0.144. The Morgan fingerprint density at radius 1 is 1.43 bits per heavy atom. The lowest BCUT2D eigenvalue weighted by atomic mass is 10.1. The number of hydrogen-bond acceptors (Lipinski definition) is 10. The molecule has 3 aliphatic heterocycles. The number of anilines is 1. The summed E-state index contributed by atoms with van der Waals surface area (Å²) in [5.41, 5.74) is 6.03. The number of rotatable bonds is 6. The fourth-order valence-electron chi connectivity index (χ4n) is 2.64. The molecule has 4 heterocycles. The fourth-order valence-corrected chi connectivity index (χ4v) is 4.99. The van der Waals surface area contributed by atoms with Crippen LogP contribution in [-0.4, -0.2) is 73.3 Å². The summed E-state index contributed by atoms with van der Waals surface area (Å²) in [6.45, 7) is 0. The Bertz CT molecular complexity index is 896. The Kier molecular flexibility index (Phi) is 5.21. The number of thioether (sulfide) groups is 2. The van der Waals surface area contributed by atoms with Crippen LogP contribution in [0, 0.1) is 0 Å². The molecule has 0 aromatic carbocycles. The number of nitrogen functional groups attached to an aromatic ring is 1. The summed E-state index contributed by atoms with van der Waals surface area (Å²) in [6, 6.07) is -0.774. The number of amides is 2. The Morgan fingerprint density at radius 2 is 2.21 bits per heavy atom. The SMILES string of the molecule is Nc1nc(C(=NOC2CSC2)C(=O)NC2C(=O)N3C=C(C(=O)O)CS[C@H]23)cs1. The first-order valence-corrected chi connectivity index (χ1v) is 11.2. The van der Waals surface area contributed by atoms with E-state index in [1.54, 1.807) is 17.1 Å². The van der Waals surface area contributed by atoms with Gasteiger partial charge in [-0.25, -0.2) is 9.78 Å². The number of oxime groups is 1. The summed E-state index contributed by atoms with van der Waals surface area (Å²) in [7, 11) is 0. The number of carbonyl (C=O) groups is 3. The quantitative estimate of drug-likeness (QED) is 0.313. The molecule has 0 bridgehead atoms. The van der Waals surface area contributed by atoms with Crippen molar-refractivity contribution < 1.29 is 24.3 Å². The highest BCUT2D eigenvalue weighted by molar-refractivity contribution is 8.00. The monoisotopic (exact) mass is 441 g/mol. The predicted octanol–water partition coefficient (Wildman–Crippen LogP) is -0.0702. The molecule has 2 fully saturated rings. The number of nitrogens with zero attached hydrogens (tertiary/aromatic N) is 3. The maximum absolute atomic E-state index is 12.8. The zero-order valence-corrected chi connectivity index (χ0v) is 16.7. The highest BCUT2D eigenvalue weighted by Gasteiger charge is 2.50. The van der Waals surface area contributed by atoms with E-state index in [-0.39, 0.29) is 45.2 Å². The van der Waals surface area contributed by atoms with Gasteiger partial charge in [-0.2, -0.15) is 11.8 Å². The highest BCUT2D eigenvalue weighted by atomic mass is 32.2. The lowest BCUT2D eigenvalue weighted by Gasteiger charge is -2.46. The van der Waals surface area contributed by atoms with Gasteiger partial charge in [0.1, 0.15) is 23.2 Å². The van der Waals surface area contributed by atoms with Crippen LogP contribution < -0.4 is 11.1 Å². The maximum atomic E-state index is 12.8. The smallest absolute Gasteiger partial charge is 0.333 e. The number of aliphatic carboxylic acids is 1. The Balaban J connectivity index is 1.47. The molecule has 4 N–H and O–H groups in total. The second kappa shape index (κ2) is 7.64. The van der Waals surface area contributed by atoms with E-state index < -0.39 is 17.9 Å². The molecule has 0 saturated carbocycles. The molecular weight excluding hydrogens is 426 g/mol. The minimum Gasteiger partial charge on any atom is -0.478 e. The summed E-state index contributed by atoms with van der Waals surface area (Å²) < 4.78 is 0. The van der Waals surface area contributed by atoms with Crippen molar-refractivity contribution in [2.75, 3.05) is 23.0 Å². The number of hydrogen-bond donors (Lipinski definition) is 3. The van der Waals surface area contributed by atoms with Gasteiger partial charge in [-0.05, 0) is 0 Å². The summed E-state index contributed by atoms with van der Waals surface area (Å²) in [5.74, 6) is -0.188. The van der Waals surface area contributed by atoms with Gasteiger partial charge < -0.3 is 25.9 Å². The second-order valence-corrected chi connectivity index (χ2v) is 9.20. The highest BCUT2D eigenvalue weighted by Crippen LogP contribution is 2.36. The van der Waals surface area contributed by atoms with Crippen LogP contribution in [0.15, 0.2) is 22.3 Å². The average Bonchev–Trinajstić information content (AvgIpc) is 3.06. The van der Waals surface area contributed by atoms with E-state index in [0.717, 1.165) is 11.5 Å². The van der Waals surface area contributed by atoms with Crippen molar-refractivity contribution >= 4 is 63.5 Å². The van der Waals surface area contributed by atoms with Gasteiger partial charge in [-0.3, -0.25) is 9.59 Å². The number of fused-ring (bicyclic) bond motifs is 1. The van der Waals surface area contributed by atoms with Crippen molar-refractivity contribution in [3.8, 4) is 0 Å². The third-order valence-corrected chi connectivity index (χ3v) is 7.43. The molecule has 0 radical (unpaired) electrons. The van der Waals surface area contributed by atoms with E-state index in [9.17, 15) is 14.4 Å². The molecule has 4 rings (SSSR count). The molecule has 3 aliphatic rings. The molecule has 2 saturated heterocycles. The van der Waals surface area contributed by atoms with Crippen LogP contribution in [0.5, 0.6) is 0 Å². The van der Waals surface area contributed by atoms with Crippen molar-refractivity contribution in [3.05, 3.63) is 22.8 Å². The van der Waals surface area contributed by atoms with E-state index in [0.29, 0.717) is 0 Å².